The summed E-state index contributed by atoms with van der Waals surface area (Å²) in [5.74, 6) is 0.105. The highest BCUT2D eigenvalue weighted by molar-refractivity contribution is 6.35. The minimum absolute atomic E-state index is 0.105. The van der Waals surface area contributed by atoms with Crippen molar-refractivity contribution in [2.24, 2.45) is 4.99 Å². The fourth-order valence-electron chi connectivity index (χ4n) is 1.36. The van der Waals surface area contributed by atoms with Crippen LogP contribution in [0.4, 0.5) is 5.69 Å². The monoisotopic (exact) mass is 181 g/mol. The summed E-state index contributed by atoms with van der Waals surface area (Å²) in [4.78, 5) is 4.24. The Balaban J connectivity index is 2.65. The van der Waals surface area contributed by atoms with Gasteiger partial charge in [0.05, 0.1) is 5.69 Å². The minimum Gasteiger partial charge on any atom is -0.506 e. The molecule has 1 aliphatic rings. The van der Waals surface area contributed by atoms with Crippen LogP contribution < -0.4 is 0 Å². The average molecular weight is 182 g/mol. The zero-order chi connectivity index (χ0) is 8.72. The summed E-state index contributed by atoms with van der Waals surface area (Å²) in [6.07, 6.45) is 0.843. The molecule has 0 saturated carbocycles. The van der Waals surface area contributed by atoms with Crippen molar-refractivity contribution >= 4 is 23.0 Å². The molecule has 1 aromatic rings. The van der Waals surface area contributed by atoms with Gasteiger partial charge in [0.25, 0.3) is 0 Å². The largest absolute Gasteiger partial charge is 0.506 e. The number of phenols is 1. The molecule has 3 heteroatoms. The molecule has 12 heavy (non-hydrogen) atoms. The zero-order valence-electron chi connectivity index (χ0n) is 6.63. The van der Waals surface area contributed by atoms with Crippen molar-refractivity contribution < 1.29 is 5.11 Å². The van der Waals surface area contributed by atoms with Crippen molar-refractivity contribution in [3.8, 4) is 5.75 Å². The first-order valence-electron chi connectivity index (χ1n) is 3.73. The number of hydrogen-bond acceptors (Lipinski definition) is 2. The Morgan fingerprint density at radius 1 is 1.50 bits per heavy atom. The minimum atomic E-state index is 0.105. The van der Waals surface area contributed by atoms with Gasteiger partial charge in [0.2, 0.25) is 0 Å². The van der Waals surface area contributed by atoms with E-state index in [1.165, 1.54) is 0 Å². The molecule has 0 unspecified atom stereocenters. The van der Waals surface area contributed by atoms with E-state index < -0.39 is 0 Å². The van der Waals surface area contributed by atoms with Crippen molar-refractivity contribution in [2.45, 2.75) is 13.3 Å². The number of benzene rings is 1. The fourth-order valence-corrected chi connectivity index (χ4v) is 1.59. The van der Waals surface area contributed by atoms with Crippen LogP contribution in [-0.4, -0.2) is 10.8 Å². The fraction of sp³-hybridized carbons (Fsp3) is 0.222. The Morgan fingerprint density at radius 2 is 2.25 bits per heavy atom. The maximum absolute atomic E-state index is 9.27. The molecule has 2 nitrogen and oxygen atoms in total. The number of hydrogen-bond donors (Lipinski definition) is 1. The second-order valence-corrected chi connectivity index (χ2v) is 3.31. The van der Waals surface area contributed by atoms with Crippen molar-refractivity contribution in [3.63, 3.8) is 0 Å². The standard InChI is InChI=1S/C9H8ClNO/c1-5-4-6-2-3-7(12)8(10)9(6)11-5/h2-3,12H,4H2,1H3. The van der Waals surface area contributed by atoms with Crippen LogP contribution >= 0.6 is 11.6 Å². The number of fused-ring (bicyclic) bond motifs is 1. The van der Waals surface area contributed by atoms with E-state index in [1.54, 1.807) is 6.07 Å². The van der Waals surface area contributed by atoms with Gasteiger partial charge in [-0.3, -0.25) is 4.99 Å². The molecule has 1 aliphatic heterocycles. The topological polar surface area (TPSA) is 32.6 Å². The predicted octanol–water partition coefficient (Wildman–Crippen LogP) is 2.69. The van der Waals surface area contributed by atoms with Gasteiger partial charge in [-0.05, 0) is 18.6 Å². The number of phenolic OH excluding ortho intramolecular Hbond substituents is 1. The molecule has 0 amide bonds. The highest BCUT2D eigenvalue weighted by atomic mass is 35.5. The van der Waals surface area contributed by atoms with Crippen molar-refractivity contribution in [3.05, 3.63) is 22.7 Å². The van der Waals surface area contributed by atoms with E-state index in [4.69, 9.17) is 11.6 Å². The molecule has 0 bridgehead atoms. The first-order valence-corrected chi connectivity index (χ1v) is 4.11. The molecule has 0 aliphatic carbocycles. The van der Waals surface area contributed by atoms with E-state index >= 15 is 0 Å². The SMILES string of the molecule is CC1=Nc2c(ccc(O)c2Cl)C1. The van der Waals surface area contributed by atoms with Crippen LogP contribution in [-0.2, 0) is 6.42 Å². The Morgan fingerprint density at radius 3 is 3.00 bits per heavy atom. The van der Waals surface area contributed by atoms with Gasteiger partial charge >= 0.3 is 0 Å². The number of aromatic hydroxyl groups is 1. The van der Waals surface area contributed by atoms with Gasteiger partial charge in [-0.2, -0.15) is 0 Å². The van der Waals surface area contributed by atoms with E-state index in [0.29, 0.717) is 5.02 Å². The van der Waals surface area contributed by atoms with Gasteiger partial charge in [0, 0.05) is 12.1 Å². The summed E-state index contributed by atoms with van der Waals surface area (Å²) in [5.41, 5.74) is 2.86. The quantitative estimate of drug-likeness (QED) is 0.656. The summed E-state index contributed by atoms with van der Waals surface area (Å²) >= 11 is 5.85. The molecular formula is C9H8ClNO. The highest BCUT2D eigenvalue weighted by Gasteiger charge is 2.16. The smallest absolute Gasteiger partial charge is 0.136 e. The third-order valence-electron chi connectivity index (χ3n) is 1.93. The molecule has 1 N–H and O–H groups in total. The summed E-state index contributed by atoms with van der Waals surface area (Å²) in [6.45, 7) is 1.95. The van der Waals surface area contributed by atoms with E-state index in [9.17, 15) is 5.11 Å². The van der Waals surface area contributed by atoms with Gasteiger partial charge in [-0.15, -0.1) is 0 Å². The van der Waals surface area contributed by atoms with Crippen molar-refractivity contribution in [2.75, 3.05) is 0 Å². The van der Waals surface area contributed by atoms with Crippen LogP contribution in [0.3, 0.4) is 0 Å². The third-order valence-corrected chi connectivity index (χ3v) is 2.30. The van der Waals surface area contributed by atoms with Crippen LogP contribution in [0.5, 0.6) is 5.75 Å². The number of aliphatic imine (C=N–C) groups is 1. The van der Waals surface area contributed by atoms with Crippen molar-refractivity contribution in [1.82, 2.24) is 0 Å². The number of nitrogens with zero attached hydrogens (tertiary/aromatic N) is 1. The van der Waals surface area contributed by atoms with Gasteiger partial charge in [-0.25, -0.2) is 0 Å². The predicted molar refractivity (Wildman–Crippen MR) is 49.6 cm³/mol. The lowest BCUT2D eigenvalue weighted by molar-refractivity contribution is 0.475. The van der Waals surface area contributed by atoms with Crippen LogP contribution in [0.25, 0.3) is 0 Å². The Kier molecular flexibility index (Phi) is 1.58. The maximum atomic E-state index is 9.27. The lowest BCUT2D eigenvalue weighted by Crippen LogP contribution is -1.87. The maximum Gasteiger partial charge on any atom is 0.136 e. The first kappa shape index (κ1) is 7.62. The van der Waals surface area contributed by atoms with E-state index in [-0.39, 0.29) is 5.75 Å². The number of halogens is 1. The molecule has 0 atom stereocenters. The molecule has 62 valence electrons. The Bertz CT molecular complexity index is 371. The first-order chi connectivity index (χ1) is 5.68. The molecule has 1 aromatic carbocycles. The summed E-state index contributed by atoms with van der Waals surface area (Å²) in [6, 6.07) is 3.46. The van der Waals surface area contributed by atoms with Crippen LogP contribution in [0.2, 0.25) is 5.02 Å². The van der Waals surface area contributed by atoms with E-state index in [1.807, 2.05) is 13.0 Å². The second-order valence-electron chi connectivity index (χ2n) is 2.93. The summed E-state index contributed by atoms with van der Waals surface area (Å²) < 4.78 is 0. The van der Waals surface area contributed by atoms with Crippen LogP contribution in [0.1, 0.15) is 12.5 Å². The molecule has 0 radical (unpaired) electrons. The van der Waals surface area contributed by atoms with Gasteiger partial charge in [0.1, 0.15) is 10.8 Å². The average Bonchev–Trinajstić information content (AvgIpc) is 2.39. The molecule has 2 rings (SSSR count). The van der Waals surface area contributed by atoms with Gasteiger partial charge < -0.3 is 5.11 Å². The van der Waals surface area contributed by atoms with E-state index in [2.05, 4.69) is 4.99 Å². The van der Waals surface area contributed by atoms with Crippen LogP contribution in [0.15, 0.2) is 17.1 Å². The molecule has 1 heterocycles. The second kappa shape index (κ2) is 2.49. The van der Waals surface area contributed by atoms with Crippen LogP contribution in [0, 0.1) is 0 Å². The van der Waals surface area contributed by atoms with E-state index in [0.717, 1.165) is 23.4 Å². The molecule has 0 saturated heterocycles. The molecule has 0 spiro atoms. The summed E-state index contributed by atoms with van der Waals surface area (Å²) in [5, 5.41) is 9.63. The Hall–Kier alpha value is -1.02. The molecular weight excluding hydrogens is 174 g/mol. The highest BCUT2D eigenvalue weighted by Crippen LogP contribution is 2.39. The van der Waals surface area contributed by atoms with Crippen molar-refractivity contribution in [1.29, 1.82) is 0 Å². The zero-order valence-corrected chi connectivity index (χ0v) is 7.39. The number of rotatable bonds is 0. The lowest BCUT2D eigenvalue weighted by Gasteiger charge is -2.00. The van der Waals surface area contributed by atoms with Gasteiger partial charge in [-0.1, -0.05) is 17.7 Å². The third kappa shape index (κ3) is 0.994. The normalized spacial score (nSPS) is 14.3. The Labute approximate surface area is 75.5 Å². The summed E-state index contributed by atoms with van der Waals surface area (Å²) in [7, 11) is 0. The molecule has 0 aromatic heterocycles. The molecule has 0 fully saturated rings. The van der Waals surface area contributed by atoms with Gasteiger partial charge in [0.15, 0.2) is 0 Å². The lowest BCUT2D eigenvalue weighted by atomic mass is 10.1.